The molecule has 1 unspecified atom stereocenters. The van der Waals surface area contributed by atoms with Gasteiger partial charge in [-0.3, -0.25) is 0 Å². The molecule has 0 fully saturated rings. The zero-order valence-electron chi connectivity index (χ0n) is 12.1. The molecular formula is C15H22ClNO3. The van der Waals surface area contributed by atoms with E-state index in [1.54, 1.807) is 20.8 Å². The Kier molecular flexibility index (Phi) is 6.30. The lowest BCUT2D eigenvalue weighted by atomic mass is 10.0. The van der Waals surface area contributed by atoms with Crippen LogP contribution in [-0.2, 0) is 11.2 Å². The maximum atomic E-state index is 11.8. The van der Waals surface area contributed by atoms with Crippen LogP contribution in [-0.4, -0.2) is 34.8 Å². The lowest BCUT2D eigenvalue weighted by molar-refractivity contribution is 0.0440. The Morgan fingerprint density at radius 1 is 1.35 bits per heavy atom. The molecule has 0 aliphatic heterocycles. The van der Waals surface area contributed by atoms with E-state index in [0.29, 0.717) is 6.42 Å². The molecule has 5 heteroatoms. The summed E-state index contributed by atoms with van der Waals surface area (Å²) in [4.78, 5) is 11.8. The van der Waals surface area contributed by atoms with Gasteiger partial charge in [0.2, 0.25) is 0 Å². The Morgan fingerprint density at radius 3 is 2.45 bits per heavy atom. The number of aliphatic hydroxyl groups is 1. The molecule has 0 radical (unpaired) electrons. The molecule has 0 heterocycles. The van der Waals surface area contributed by atoms with Crippen molar-refractivity contribution in [2.24, 2.45) is 0 Å². The molecule has 1 rings (SSSR count). The van der Waals surface area contributed by atoms with Crippen LogP contribution in [0.15, 0.2) is 30.3 Å². The van der Waals surface area contributed by atoms with E-state index in [9.17, 15) is 9.90 Å². The number of carbonyl (C=O) groups excluding carboxylic acids is 1. The zero-order chi connectivity index (χ0) is 15.2. The SMILES string of the molecule is CC(C)(C)OC(=O)N[C@@H](Cc1ccccc1)C(O)CCl. The third-order valence-electron chi connectivity index (χ3n) is 2.62. The van der Waals surface area contributed by atoms with Crippen LogP contribution in [0.3, 0.4) is 0 Å². The number of carbonyl (C=O) groups is 1. The number of alkyl halides is 1. The molecule has 0 aliphatic carbocycles. The van der Waals surface area contributed by atoms with Crippen LogP contribution in [0.2, 0.25) is 0 Å². The lowest BCUT2D eigenvalue weighted by Crippen LogP contribution is -2.47. The summed E-state index contributed by atoms with van der Waals surface area (Å²) in [6.07, 6.45) is -0.888. The molecule has 0 bridgehead atoms. The van der Waals surface area contributed by atoms with Gasteiger partial charge in [0.1, 0.15) is 5.60 Å². The average molecular weight is 300 g/mol. The minimum Gasteiger partial charge on any atom is -0.444 e. The third kappa shape index (κ3) is 6.26. The molecule has 0 aliphatic rings. The second-order valence-corrected chi connectivity index (χ2v) is 5.97. The van der Waals surface area contributed by atoms with Gasteiger partial charge in [-0.05, 0) is 32.8 Å². The predicted molar refractivity (Wildman–Crippen MR) is 80.0 cm³/mol. The van der Waals surface area contributed by atoms with Gasteiger partial charge in [0.25, 0.3) is 0 Å². The quantitative estimate of drug-likeness (QED) is 0.822. The number of nitrogens with one attached hydrogen (secondary N) is 1. The van der Waals surface area contributed by atoms with Crippen LogP contribution in [0.25, 0.3) is 0 Å². The molecule has 0 spiro atoms. The number of halogens is 1. The van der Waals surface area contributed by atoms with Crippen molar-refractivity contribution in [2.75, 3.05) is 5.88 Å². The molecule has 2 atom stereocenters. The van der Waals surface area contributed by atoms with E-state index in [1.807, 2.05) is 30.3 Å². The number of benzene rings is 1. The molecule has 0 saturated carbocycles. The first-order chi connectivity index (χ1) is 9.31. The number of hydrogen-bond acceptors (Lipinski definition) is 3. The van der Waals surface area contributed by atoms with Crippen molar-refractivity contribution in [3.8, 4) is 0 Å². The molecule has 0 aromatic heterocycles. The van der Waals surface area contributed by atoms with Gasteiger partial charge in [-0.25, -0.2) is 4.79 Å². The monoisotopic (exact) mass is 299 g/mol. The van der Waals surface area contributed by atoms with E-state index in [1.165, 1.54) is 0 Å². The maximum absolute atomic E-state index is 11.8. The van der Waals surface area contributed by atoms with Crippen LogP contribution < -0.4 is 5.32 Å². The summed E-state index contributed by atoms with van der Waals surface area (Å²) >= 11 is 5.69. The fourth-order valence-electron chi connectivity index (χ4n) is 1.72. The molecular weight excluding hydrogens is 278 g/mol. The van der Waals surface area contributed by atoms with Gasteiger partial charge >= 0.3 is 6.09 Å². The topological polar surface area (TPSA) is 58.6 Å². The van der Waals surface area contributed by atoms with Gasteiger partial charge in [-0.1, -0.05) is 30.3 Å². The van der Waals surface area contributed by atoms with Crippen LogP contribution in [0.5, 0.6) is 0 Å². The fourth-order valence-corrected chi connectivity index (χ4v) is 1.93. The van der Waals surface area contributed by atoms with E-state index in [2.05, 4.69) is 5.32 Å². The molecule has 20 heavy (non-hydrogen) atoms. The van der Waals surface area contributed by atoms with Crippen LogP contribution >= 0.6 is 11.6 Å². The van der Waals surface area contributed by atoms with Crippen molar-refractivity contribution in [2.45, 2.75) is 44.9 Å². The highest BCUT2D eigenvalue weighted by Crippen LogP contribution is 2.10. The van der Waals surface area contributed by atoms with E-state index < -0.39 is 23.8 Å². The van der Waals surface area contributed by atoms with Gasteiger partial charge in [0.05, 0.1) is 18.0 Å². The minimum atomic E-state index is -0.829. The highest BCUT2D eigenvalue weighted by atomic mass is 35.5. The summed E-state index contributed by atoms with van der Waals surface area (Å²) in [5.74, 6) is 0.0489. The first kappa shape index (κ1) is 16.8. The summed E-state index contributed by atoms with van der Waals surface area (Å²) in [5, 5.41) is 12.6. The van der Waals surface area contributed by atoms with Crippen molar-refractivity contribution in [3.05, 3.63) is 35.9 Å². The van der Waals surface area contributed by atoms with Gasteiger partial charge < -0.3 is 15.2 Å². The largest absolute Gasteiger partial charge is 0.444 e. The average Bonchev–Trinajstić information content (AvgIpc) is 2.36. The third-order valence-corrected chi connectivity index (χ3v) is 2.94. The molecule has 1 aromatic rings. The predicted octanol–water partition coefficient (Wildman–Crippen LogP) is 2.72. The molecule has 1 aromatic carbocycles. The zero-order valence-corrected chi connectivity index (χ0v) is 12.9. The summed E-state index contributed by atoms with van der Waals surface area (Å²) in [5.41, 5.74) is 0.436. The highest BCUT2D eigenvalue weighted by Gasteiger charge is 2.24. The maximum Gasteiger partial charge on any atom is 0.407 e. The second-order valence-electron chi connectivity index (χ2n) is 5.66. The summed E-state index contributed by atoms with van der Waals surface area (Å²) in [7, 11) is 0. The van der Waals surface area contributed by atoms with E-state index in [4.69, 9.17) is 16.3 Å². The lowest BCUT2D eigenvalue weighted by Gasteiger charge is -2.26. The number of alkyl carbamates (subject to hydrolysis) is 1. The van der Waals surface area contributed by atoms with Gasteiger partial charge in [-0.2, -0.15) is 0 Å². The number of aliphatic hydroxyl groups excluding tert-OH is 1. The molecule has 1 amide bonds. The van der Waals surface area contributed by atoms with Crippen molar-refractivity contribution in [1.29, 1.82) is 0 Å². The van der Waals surface area contributed by atoms with Gasteiger partial charge in [-0.15, -0.1) is 11.6 Å². The Morgan fingerprint density at radius 2 is 1.95 bits per heavy atom. The Labute approximate surface area is 125 Å². The summed E-state index contributed by atoms with van der Waals surface area (Å²) in [6.45, 7) is 5.37. The molecule has 0 saturated heterocycles. The van der Waals surface area contributed by atoms with Crippen molar-refractivity contribution in [1.82, 2.24) is 5.32 Å². The standard InChI is InChI=1S/C15H22ClNO3/c1-15(2,3)20-14(19)17-12(13(18)10-16)9-11-7-5-4-6-8-11/h4-8,12-13,18H,9-10H2,1-3H3,(H,17,19)/t12-,13?/m0/s1. The smallest absolute Gasteiger partial charge is 0.407 e. The van der Waals surface area contributed by atoms with E-state index in [-0.39, 0.29) is 5.88 Å². The highest BCUT2D eigenvalue weighted by molar-refractivity contribution is 6.18. The first-order valence-electron chi connectivity index (χ1n) is 6.59. The fraction of sp³-hybridized carbons (Fsp3) is 0.533. The van der Waals surface area contributed by atoms with Crippen LogP contribution in [0.1, 0.15) is 26.3 Å². The number of rotatable bonds is 5. The Balaban J connectivity index is 2.68. The molecule has 4 nitrogen and oxygen atoms in total. The minimum absolute atomic E-state index is 0.0489. The number of ether oxygens (including phenoxy) is 1. The van der Waals surface area contributed by atoms with Crippen molar-refractivity contribution < 1.29 is 14.6 Å². The summed E-state index contributed by atoms with van der Waals surface area (Å²) in [6, 6.07) is 9.12. The first-order valence-corrected chi connectivity index (χ1v) is 7.13. The van der Waals surface area contributed by atoms with Crippen LogP contribution in [0.4, 0.5) is 4.79 Å². The van der Waals surface area contributed by atoms with E-state index >= 15 is 0 Å². The number of amides is 1. The second kappa shape index (κ2) is 7.50. The van der Waals surface area contributed by atoms with Crippen molar-refractivity contribution in [3.63, 3.8) is 0 Å². The Hall–Kier alpha value is -1.26. The Bertz CT molecular complexity index is 417. The van der Waals surface area contributed by atoms with Crippen molar-refractivity contribution >= 4 is 17.7 Å². The number of hydrogen-bond donors (Lipinski definition) is 2. The van der Waals surface area contributed by atoms with E-state index in [0.717, 1.165) is 5.56 Å². The normalized spacial score (nSPS) is 14.4. The molecule has 2 N–H and O–H groups in total. The van der Waals surface area contributed by atoms with Gasteiger partial charge in [0, 0.05) is 0 Å². The van der Waals surface area contributed by atoms with Crippen LogP contribution in [0, 0.1) is 0 Å². The van der Waals surface area contributed by atoms with Gasteiger partial charge in [0.15, 0.2) is 0 Å². The molecule has 112 valence electrons. The summed E-state index contributed by atoms with van der Waals surface area (Å²) < 4.78 is 5.20.